The first-order chi connectivity index (χ1) is 11.0. The highest BCUT2D eigenvalue weighted by Gasteiger charge is 2.21. The van der Waals surface area contributed by atoms with Crippen LogP contribution in [0.15, 0.2) is 24.3 Å². The summed E-state index contributed by atoms with van der Waals surface area (Å²) in [7, 11) is 0. The average Bonchev–Trinajstić information content (AvgIpc) is 2.54. The summed E-state index contributed by atoms with van der Waals surface area (Å²) in [4.78, 5) is 39.3. The maximum absolute atomic E-state index is 13.3. The van der Waals surface area contributed by atoms with Gasteiger partial charge in [-0.2, -0.15) is 0 Å². The molecule has 0 atom stereocenters. The Morgan fingerprint density at radius 3 is 2.52 bits per heavy atom. The highest BCUT2D eigenvalue weighted by molar-refractivity contribution is 5.92. The Kier molecular flexibility index (Phi) is 5.67. The van der Waals surface area contributed by atoms with E-state index in [1.54, 1.807) is 15.9 Å². The van der Waals surface area contributed by atoms with Gasteiger partial charge in [0.15, 0.2) is 0 Å². The van der Waals surface area contributed by atoms with Gasteiger partial charge in [-0.3, -0.25) is 14.4 Å². The van der Waals surface area contributed by atoms with Crippen molar-refractivity contribution in [1.82, 2.24) is 9.80 Å². The molecule has 0 spiro atoms. The maximum atomic E-state index is 13.3. The van der Waals surface area contributed by atoms with Gasteiger partial charge in [0.05, 0.1) is 0 Å². The fourth-order valence-electron chi connectivity index (χ4n) is 2.55. The number of rotatable bonds is 5. The summed E-state index contributed by atoms with van der Waals surface area (Å²) in [6.45, 7) is 3.63. The number of benzene rings is 1. The molecule has 3 amide bonds. The van der Waals surface area contributed by atoms with Crippen LogP contribution in [0, 0.1) is 5.82 Å². The third-order valence-corrected chi connectivity index (χ3v) is 3.87. The van der Waals surface area contributed by atoms with Crippen LogP contribution in [0.2, 0.25) is 0 Å². The van der Waals surface area contributed by atoms with E-state index in [0.717, 1.165) is 6.41 Å². The second-order valence-corrected chi connectivity index (χ2v) is 5.42. The summed E-state index contributed by atoms with van der Waals surface area (Å²) in [6, 6.07) is 5.74. The molecule has 0 bridgehead atoms. The van der Waals surface area contributed by atoms with Gasteiger partial charge < -0.3 is 14.7 Å². The molecule has 2 rings (SSSR count). The Balaban J connectivity index is 1.93. The first-order valence-electron chi connectivity index (χ1n) is 7.52. The number of halogens is 1. The Labute approximate surface area is 134 Å². The van der Waals surface area contributed by atoms with Crippen LogP contribution >= 0.6 is 0 Å². The van der Waals surface area contributed by atoms with E-state index in [0.29, 0.717) is 31.9 Å². The third-order valence-electron chi connectivity index (χ3n) is 3.87. The molecule has 6 nitrogen and oxygen atoms in total. The summed E-state index contributed by atoms with van der Waals surface area (Å²) in [5.41, 5.74) is 0.441. The number of nitrogens with zero attached hydrogens (tertiary/aromatic N) is 3. The van der Waals surface area contributed by atoms with E-state index >= 15 is 0 Å². The SMILES string of the molecule is CC(=O)N(CCC(=O)N1CCN(C=O)CC1)c1cccc(F)c1. The smallest absolute Gasteiger partial charge is 0.224 e. The molecule has 1 fully saturated rings. The molecule has 1 heterocycles. The number of hydrogen-bond donors (Lipinski definition) is 0. The molecule has 0 saturated carbocycles. The molecule has 124 valence electrons. The molecule has 7 heteroatoms. The molecular weight excluding hydrogens is 301 g/mol. The van der Waals surface area contributed by atoms with Gasteiger partial charge in [0, 0.05) is 51.8 Å². The van der Waals surface area contributed by atoms with Gasteiger partial charge in [0.25, 0.3) is 0 Å². The summed E-state index contributed by atoms with van der Waals surface area (Å²) < 4.78 is 13.3. The zero-order valence-corrected chi connectivity index (χ0v) is 13.1. The van der Waals surface area contributed by atoms with E-state index < -0.39 is 5.82 Å². The van der Waals surface area contributed by atoms with Crippen LogP contribution < -0.4 is 4.90 Å². The maximum Gasteiger partial charge on any atom is 0.224 e. The van der Waals surface area contributed by atoms with E-state index in [1.807, 2.05) is 0 Å². The van der Waals surface area contributed by atoms with Gasteiger partial charge in [0.1, 0.15) is 5.82 Å². The van der Waals surface area contributed by atoms with Crippen LogP contribution in [-0.2, 0) is 14.4 Å². The molecule has 0 aliphatic carbocycles. The fraction of sp³-hybridized carbons (Fsp3) is 0.438. The van der Waals surface area contributed by atoms with Crippen molar-refractivity contribution in [1.29, 1.82) is 0 Å². The molecule has 1 saturated heterocycles. The number of carbonyl (C=O) groups is 3. The molecule has 0 unspecified atom stereocenters. The molecule has 0 aromatic heterocycles. The van der Waals surface area contributed by atoms with Gasteiger partial charge in [-0.25, -0.2) is 4.39 Å². The van der Waals surface area contributed by atoms with Gasteiger partial charge in [0.2, 0.25) is 18.2 Å². The van der Waals surface area contributed by atoms with Crippen molar-refractivity contribution in [3.8, 4) is 0 Å². The monoisotopic (exact) mass is 321 g/mol. The first kappa shape index (κ1) is 16.9. The minimum atomic E-state index is -0.426. The predicted molar refractivity (Wildman–Crippen MR) is 83.3 cm³/mol. The van der Waals surface area contributed by atoms with Crippen molar-refractivity contribution in [3.63, 3.8) is 0 Å². The molecule has 1 aromatic rings. The average molecular weight is 321 g/mol. The molecule has 0 N–H and O–H groups in total. The van der Waals surface area contributed by atoms with Crippen molar-refractivity contribution in [2.45, 2.75) is 13.3 Å². The van der Waals surface area contributed by atoms with E-state index in [-0.39, 0.29) is 24.8 Å². The summed E-state index contributed by atoms with van der Waals surface area (Å²) >= 11 is 0. The fourth-order valence-corrected chi connectivity index (χ4v) is 2.55. The van der Waals surface area contributed by atoms with E-state index in [2.05, 4.69) is 0 Å². The minimum absolute atomic E-state index is 0.0711. The van der Waals surface area contributed by atoms with Gasteiger partial charge in [-0.05, 0) is 18.2 Å². The lowest BCUT2D eigenvalue weighted by Gasteiger charge is -2.33. The normalized spacial score (nSPS) is 14.5. The Bertz CT molecular complexity index is 586. The zero-order chi connectivity index (χ0) is 16.8. The van der Waals surface area contributed by atoms with Crippen LogP contribution in [0.4, 0.5) is 10.1 Å². The second kappa shape index (κ2) is 7.71. The van der Waals surface area contributed by atoms with Crippen molar-refractivity contribution in [2.24, 2.45) is 0 Å². The van der Waals surface area contributed by atoms with Crippen LogP contribution in [-0.4, -0.2) is 60.7 Å². The van der Waals surface area contributed by atoms with E-state index in [9.17, 15) is 18.8 Å². The molecular formula is C16H20FN3O3. The summed E-state index contributed by atoms with van der Waals surface area (Å²) in [5, 5.41) is 0. The van der Waals surface area contributed by atoms with Crippen molar-refractivity contribution >= 4 is 23.9 Å². The molecule has 0 radical (unpaired) electrons. The predicted octanol–water partition coefficient (Wildman–Crippen LogP) is 0.869. The number of anilines is 1. The zero-order valence-electron chi connectivity index (χ0n) is 13.1. The Hall–Kier alpha value is -2.44. The lowest BCUT2D eigenvalue weighted by atomic mass is 10.2. The standard InChI is InChI=1S/C16H20FN3O3/c1-13(22)20(15-4-2-3-14(17)11-15)6-5-16(23)19-9-7-18(12-21)8-10-19/h2-4,11-12H,5-10H2,1H3. The molecule has 1 aliphatic heterocycles. The number of amides is 3. The van der Waals surface area contributed by atoms with Crippen LogP contribution in [0.1, 0.15) is 13.3 Å². The van der Waals surface area contributed by atoms with Crippen molar-refractivity contribution in [3.05, 3.63) is 30.1 Å². The highest BCUT2D eigenvalue weighted by atomic mass is 19.1. The van der Waals surface area contributed by atoms with E-state index in [1.165, 1.54) is 30.0 Å². The van der Waals surface area contributed by atoms with Gasteiger partial charge >= 0.3 is 0 Å². The molecule has 1 aromatic carbocycles. The molecule has 23 heavy (non-hydrogen) atoms. The second-order valence-electron chi connectivity index (χ2n) is 5.42. The Morgan fingerprint density at radius 2 is 1.96 bits per heavy atom. The van der Waals surface area contributed by atoms with Gasteiger partial charge in [-0.1, -0.05) is 6.07 Å². The lowest BCUT2D eigenvalue weighted by molar-refractivity contribution is -0.135. The molecule has 1 aliphatic rings. The lowest BCUT2D eigenvalue weighted by Crippen LogP contribution is -2.48. The van der Waals surface area contributed by atoms with Crippen LogP contribution in [0.25, 0.3) is 0 Å². The van der Waals surface area contributed by atoms with Crippen LogP contribution in [0.3, 0.4) is 0 Å². The van der Waals surface area contributed by atoms with Gasteiger partial charge in [-0.15, -0.1) is 0 Å². The highest BCUT2D eigenvalue weighted by Crippen LogP contribution is 2.16. The third kappa shape index (κ3) is 4.51. The van der Waals surface area contributed by atoms with Crippen LogP contribution in [0.5, 0.6) is 0 Å². The topological polar surface area (TPSA) is 60.9 Å². The first-order valence-corrected chi connectivity index (χ1v) is 7.52. The summed E-state index contributed by atoms with van der Waals surface area (Å²) in [6.07, 6.45) is 0.945. The quantitative estimate of drug-likeness (QED) is 0.756. The number of hydrogen-bond acceptors (Lipinski definition) is 3. The Morgan fingerprint density at radius 1 is 1.26 bits per heavy atom. The largest absolute Gasteiger partial charge is 0.342 e. The minimum Gasteiger partial charge on any atom is -0.342 e. The summed E-state index contributed by atoms with van der Waals surface area (Å²) in [5.74, 6) is -0.738. The number of carbonyl (C=O) groups excluding carboxylic acids is 3. The number of piperazine rings is 1. The van der Waals surface area contributed by atoms with Crippen molar-refractivity contribution < 1.29 is 18.8 Å². The van der Waals surface area contributed by atoms with Crippen molar-refractivity contribution in [2.75, 3.05) is 37.6 Å². The van der Waals surface area contributed by atoms with E-state index in [4.69, 9.17) is 0 Å².